The molecule has 0 saturated heterocycles. The van der Waals surface area contributed by atoms with Crippen LogP contribution < -0.4 is 5.73 Å². The van der Waals surface area contributed by atoms with Gasteiger partial charge in [0, 0.05) is 19.2 Å². The summed E-state index contributed by atoms with van der Waals surface area (Å²) in [5.74, 6) is 5.71. The van der Waals surface area contributed by atoms with Gasteiger partial charge in [0.15, 0.2) is 0 Å². The van der Waals surface area contributed by atoms with E-state index < -0.39 is 10.0 Å². The zero-order valence-corrected chi connectivity index (χ0v) is 14.2. The van der Waals surface area contributed by atoms with Crippen LogP contribution in [0, 0.1) is 24.2 Å². The minimum atomic E-state index is -3.47. The molecule has 116 valence electrons. The Kier molecular flexibility index (Phi) is 5.57. The van der Waals surface area contributed by atoms with Crippen molar-refractivity contribution in [3.05, 3.63) is 29.3 Å². The van der Waals surface area contributed by atoms with E-state index in [0.717, 1.165) is 11.1 Å². The van der Waals surface area contributed by atoms with Crippen LogP contribution >= 0.6 is 0 Å². The van der Waals surface area contributed by atoms with Gasteiger partial charge in [-0.1, -0.05) is 32.6 Å². The molecule has 0 radical (unpaired) electrons. The van der Waals surface area contributed by atoms with Gasteiger partial charge >= 0.3 is 0 Å². The second kappa shape index (κ2) is 6.61. The van der Waals surface area contributed by atoms with Crippen molar-refractivity contribution in [2.75, 3.05) is 20.1 Å². The van der Waals surface area contributed by atoms with Crippen molar-refractivity contribution in [1.82, 2.24) is 4.31 Å². The van der Waals surface area contributed by atoms with Crippen molar-refractivity contribution in [3.63, 3.8) is 0 Å². The molecule has 0 saturated carbocycles. The molecule has 1 rings (SSSR count). The SMILES string of the molecule is Cc1cc(S(=O)(=O)N(C)CC(C)(C)C)ccc1C#CCN. The Labute approximate surface area is 128 Å². The number of hydrogen-bond acceptors (Lipinski definition) is 3. The minimum Gasteiger partial charge on any atom is -0.320 e. The zero-order valence-electron chi connectivity index (χ0n) is 13.4. The lowest BCUT2D eigenvalue weighted by Crippen LogP contribution is -2.34. The Morgan fingerprint density at radius 3 is 2.38 bits per heavy atom. The van der Waals surface area contributed by atoms with E-state index in [-0.39, 0.29) is 12.0 Å². The average molecular weight is 308 g/mol. The predicted octanol–water partition coefficient (Wildman–Crippen LogP) is 1.97. The van der Waals surface area contributed by atoms with E-state index in [1.54, 1.807) is 25.2 Å². The highest BCUT2D eigenvalue weighted by Crippen LogP contribution is 2.22. The third kappa shape index (κ3) is 4.85. The molecule has 0 fully saturated rings. The van der Waals surface area contributed by atoms with Gasteiger partial charge in [-0.3, -0.25) is 0 Å². The second-order valence-corrected chi connectivity index (χ2v) is 8.35. The molecule has 5 heteroatoms. The summed E-state index contributed by atoms with van der Waals surface area (Å²) < 4.78 is 26.5. The molecule has 0 aromatic heterocycles. The molecule has 0 atom stereocenters. The van der Waals surface area contributed by atoms with Gasteiger partial charge < -0.3 is 5.73 Å². The summed E-state index contributed by atoms with van der Waals surface area (Å²) in [7, 11) is -1.86. The fourth-order valence-corrected chi connectivity index (χ4v) is 3.50. The average Bonchev–Trinajstić information content (AvgIpc) is 2.35. The van der Waals surface area contributed by atoms with Crippen LogP contribution in [0.5, 0.6) is 0 Å². The lowest BCUT2D eigenvalue weighted by Gasteiger charge is -2.26. The number of hydrogen-bond donors (Lipinski definition) is 1. The maximum Gasteiger partial charge on any atom is 0.242 e. The van der Waals surface area contributed by atoms with Crippen molar-refractivity contribution in [2.24, 2.45) is 11.1 Å². The first-order valence-corrected chi connectivity index (χ1v) is 8.28. The van der Waals surface area contributed by atoms with E-state index in [1.165, 1.54) is 4.31 Å². The molecule has 0 unspecified atom stereocenters. The molecule has 0 spiro atoms. The third-order valence-electron chi connectivity index (χ3n) is 2.93. The van der Waals surface area contributed by atoms with E-state index in [2.05, 4.69) is 11.8 Å². The van der Waals surface area contributed by atoms with Crippen LogP contribution in [0.4, 0.5) is 0 Å². The highest BCUT2D eigenvalue weighted by Gasteiger charge is 2.25. The van der Waals surface area contributed by atoms with Gasteiger partial charge in [0.05, 0.1) is 11.4 Å². The molecule has 1 aromatic rings. The number of aryl methyl sites for hydroxylation is 1. The molecule has 0 aliphatic heterocycles. The van der Waals surface area contributed by atoms with E-state index >= 15 is 0 Å². The molecule has 2 N–H and O–H groups in total. The molecule has 0 aliphatic carbocycles. The van der Waals surface area contributed by atoms with Crippen LogP contribution in [0.25, 0.3) is 0 Å². The Hall–Kier alpha value is -1.35. The number of benzene rings is 1. The molecule has 0 amide bonds. The summed E-state index contributed by atoms with van der Waals surface area (Å²) in [5, 5.41) is 0. The molecule has 0 heterocycles. The van der Waals surface area contributed by atoms with Crippen LogP contribution in [-0.2, 0) is 10.0 Å². The van der Waals surface area contributed by atoms with Gasteiger partial charge in [-0.25, -0.2) is 12.7 Å². The van der Waals surface area contributed by atoms with Gasteiger partial charge in [-0.2, -0.15) is 0 Å². The summed E-state index contributed by atoms with van der Waals surface area (Å²) in [6.07, 6.45) is 0. The van der Waals surface area contributed by atoms with E-state index in [9.17, 15) is 8.42 Å². The first-order valence-electron chi connectivity index (χ1n) is 6.84. The topological polar surface area (TPSA) is 63.4 Å². The van der Waals surface area contributed by atoms with Crippen LogP contribution in [0.3, 0.4) is 0 Å². The minimum absolute atomic E-state index is 0.0938. The van der Waals surface area contributed by atoms with Gasteiger partial charge in [-0.15, -0.1) is 0 Å². The molecule has 0 bridgehead atoms. The molecular weight excluding hydrogens is 284 g/mol. The van der Waals surface area contributed by atoms with Gasteiger partial charge in [0.2, 0.25) is 10.0 Å². The Bertz CT molecular complexity index is 662. The molecule has 0 aliphatic rings. The fourth-order valence-electron chi connectivity index (χ4n) is 2.02. The Morgan fingerprint density at radius 2 is 1.90 bits per heavy atom. The normalized spacial score (nSPS) is 12.1. The molecular formula is C16H24N2O2S. The lowest BCUT2D eigenvalue weighted by atomic mass is 9.97. The van der Waals surface area contributed by atoms with Gasteiger partial charge in [-0.05, 0) is 36.1 Å². The number of rotatable bonds is 3. The first-order chi connectivity index (χ1) is 9.58. The lowest BCUT2D eigenvalue weighted by molar-refractivity contribution is 0.311. The summed E-state index contributed by atoms with van der Waals surface area (Å²) in [5.41, 5.74) is 6.89. The smallest absolute Gasteiger partial charge is 0.242 e. The largest absolute Gasteiger partial charge is 0.320 e. The predicted molar refractivity (Wildman–Crippen MR) is 86.4 cm³/mol. The molecule has 4 nitrogen and oxygen atoms in total. The van der Waals surface area contributed by atoms with Gasteiger partial charge in [0.1, 0.15) is 0 Å². The maximum absolute atomic E-state index is 12.6. The van der Waals surface area contributed by atoms with Crippen molar-refractivity contribution in [2.45, 2.75) is 32.6 Å². The second-order valence-electron chi connectivity index (χ2n) is 6.30. The Balaban J connectivity index is 3.13. The highest BCUT2D eigenvalue weighted by atomic mass is 32.2. The summed E-state index contributed by atoms with van der Waals surface area (Å²) in [4.78, 5) is 0.296. The quantitative estimate of drug-likeness (QED) is 0.868. The van der Waals surface area contributed by atoms with Crippen LogP contribution in [0.15, 0.2) is 23.1 Å². The van der Waals surface area contributed by atoms with E-state index in [1.807, 2.05) is 27.7 Å². The summed E-state index contributed by atoms with van der Waals surface area (Å²) >= 11 is 0. The first kappa shape index (κ1) is 17.7. The summed E-state index contributed by atoms with van der Waals surface area (Å²) in [6, 6.07) is 4.99. The highest BCUT2D eigenvalue weighted by molar-refractivity contribution is 7.89. The van der Waals surface area contributed by atoms with Crippen molar-refractivity contribution >= 4 is 10.0 Å². The number of sulfonamides is 1. The molecule has 1 aromatic carbocycles. The number of nitrogens with two attached hydrogens (primary N) is 1. The Morgan fingerprint density at radius 1 is 1.29 bits per heavy atom. The molecule has 21 heavy (non-hydrogen) atoms. The van der Waals surface area contributed by atoms with Crippen molar-refractivity contribution in [1.29, 1.82) is 0 Å². The maximum atomic E-state index is 12.6. The van der Waals surface area contributed by atoms with Crippen LogP contribution in [-0.4, -0.2) is 32.9 Å². The monoisotopic (exact) mass is 308 g/mol. The number of nitrogens with zero attached hydrogens (tertiary/aromatic N) is 1. The zero-order chi connectivity index (χ0) is 16.3. The van der Waals surface area contributed by atoms with E-state index in [4.69, 9.17) is 5.73 Å². The van der Waals surface area contributed by atoms with E-state index in [0.29, 0.717) is 11.4 Å². The summed E-state index contributed by atoms with van der Waals surface area (Å²) in [6.45, 7) is 8.63. The van der Waals surface area contributed by atoms with Crippen LogP contribution in [0.2, 0.25) is 0 Å². The van der Waals surface area contributed by atoms with Crippen molar-refractivity contribution in [3.8, 4) is 11.8 Å². The van der Waals surface area contributed by atoms with Crippen molar-refractivity contribution < 1.29 is 8.42 Å². The third-order valence-corrected chi connectivity index (χ3v) is 4.73. The standard InChI is InChI=1S/C16H24N2O2S/c1-13-11-15(9-8-14(13)7-6-10-17)21(19,20)18(5)12-16(2,3)4/h8-9,11H,10,12,17H2,1-5H3. The fraction of sp³-hybridized carbons (Fsp3) is 0.500. The van der Waals surface area contributed by atoms with Gasteiger partial charge in [0.25, 0.3) is 0 Å². The van der Waals surface area contributed by atoms with Crippen LogP contribution in [0.1, 0.15) is 31.9 Å².